The number of carbonyl (C=O) groups is 1. The molecule has 0 aliphatic rings. The average Bonchev–Trinajstić information content (AvgIpc) is 2.29. The number of aromatic hydroxyl groups is 1. The summed E-state index contributed by atoms with van der Waals surface area (Å²) < 4.78 is 25.4. The van der Waals surface area contributed by atoms with Gasteiger partial charge in [0.05, 0.1) is 5.56 Å². The van der Waals surface area contributed by atoms with E-state index in [2.05, 4.69) is 0 Å². The number of benzene rings is 2. The monoisotopic (exact) mass is 234 g/mol. The number of rotatable bonds is 2. The van der Waals surface area contributed by atoms with E-state index in [1.165, 1.54) is 18.2 Å². The molecule has 0 aromatic heterocycles. The Bertz CT molecular complexity index is 562. The van der Waals surface area contributed by atoms with E-state index in [0.717, 1.165) is 24.3 Å². The second kappa shape index (κ2) is 4.33. The fourth-order valence-electron chi connectivity index (χ4n) is 1.45. The van der Waals surface area contributed by atoms with Gasteiger partial charge in [-0.15, -0.1) is 0 Å². The Morgan fingerprint density at radius 3 is 2.12 bits per heavy atom. The average molecular weight is 234 g/mol. The molecule has 0 aliphatic carbocycles. The van der Waals surface area contributed by atoms with Crippen molar-refractivity contribution in [2.75, 3.05) is 0 Å². The van der Waals surface area contributed by atoms with Gasteiger partial charge >= 0.3 is 0 Å². The standard InChI is InChI=1S/C13H8F2O2/c14-9-3-1-8(2-4-9)13(17)11-6-5-10(15)7-12(11)16/h1-7,16H. The van der Waals surface area contributed by atoms with Crippen molar-refractivity contribution in [3.8, 4) is 5.75 Å². The molecule has 0 radical (unpaired) electrons. The lowest BCUT2D eigenvalue weighted by molar-refractivity contribution is 0.103. The van der Waals surface area contributed by atoms with E-state index in [1.807, 2.05) is 0 Å². The predicted octanol–water partition coefficient (Wildman–Crippen LogP) is 2.90. The third-order valence-electron chi connectivity index (χ3n) is 2.31. The van der Waals surface area contributed by atoms with E-state index in [9.17, 15) is 18.7 Å². The Morgan fingerprint density at radius 1 is 0.941 bits per heavy atom. The summed E-state index contributed by atoms with van der Waals surface area (Å²) in [5.41, 5.74) is 0.214. The summed E-state index contributed by atoms with van der Waals surface area (Å²) >= 11 is 0. The molecular weight excluding hydrogens is 226 g/mol. The van der Waals surface area contributed by atoms with Crippen LogP contribution in [0.25, 0.3) is 0 Å². The van der Waals surface area contributed by atoms with Crippen LogP contribution in [-0.4, -0.2) is 10.9 Å². The van der Waals surface area contributed by atoms with Crippen LogP contribution in [0.2, 0.25) is 0 Å². The van der Waals surface area contributed by atoms with Crippen molar-refractivity contribution in [3.63, 3.8) is 0 Å². The highest BCUT2D eigenvalue weighted by atomic mass is 19.1. The third kappa shape index (κ3) is 2.30. The van der Waals surface area contributed by atoms with Gasteiger partial charge in [-0.05, 0) is 36.4 Å². The van der Waals surface area contributed by atoms with Gasteiger partial charge in [-0.2, -0.15) is 0 Å². The molecular formula is C13H8F2O2. The minimum Gasteiger partial charge on any atom is -0.507 e. The lowest BCUT2D eigenvalue weighted by atomic mass is 10.0. The molecule has 4 heteroatoms. The van der Waals surface area contributed by atoms with Crippen molar-refractivity contribution in [3.05, 3.63) is 65.2 Å². The lowest BCUT2D eigenvalue weighted by Gasteiger charge is -2.03. The largest absolute Gasteiger partial charge is 0.507 e. The van der Waals surface area contributed by atoms with Gasteiger partial charge in [-0.3, -0.25) is 4.79 Å². The molecule has 2 nitrogen and oxygen atoms in total. The zero-order chi connectivity index (χ0) is 12.4. The fraction of sp³-hybridized carbons (Fsp3) is 0. The van der Waals surface area contributed by atoms with Crippen LogP contribution >= 0.6 is 0 Å². The van der Waals surface area contributed by atoms with Crippen LogP contribution < -0.4 is 0 Å². The van der Waals surface area contributed by atoms with Gasteiger partial charge in [-0.1, -0.05) is 0 Å². The number of hydrogen-bond acceptors (Lipinski definition) is 2. The summed E-state index contributed by atoms with van der Waals surface area (Å²) in [5, 5.41) is 9.44. The maximum atomic E-state index is 12.7. The van der Waals surface area contributed by atoms with Crippen LogP contribution in [0.3, 0.4) is 0 Å². The first-order valence-corrected chi connectivity index (χ1v) is 4.87. The van der Waals surface area contributed by atoms with E-state index in [1.54, 1.807) is 0 Å². The smallest absolute Gasteiger partial charge is 0.196 e. The van der Waals surface area contributed by atoms with Crippen molar-refractivity contribution >= 4 is 5.78 Å². The number of halogens is 2. The molecule has 0 heterocycles. The molecule has 2 rings (SSSR count). The van der Waals surface area contributed by atoms with Crippen LogP contribution in [0.1, 0.15) is 15.9 Å². The summed E-state index contributed by atoms with van der Waals surface area (Å²) in [6, 6.07) is 8.03. The molecule has 2 aromatic rings. The Kier molecular flexibility index (Phi) is 2.87. The van der Waals surface area contributed by atoms with Gasteiger partial charge < -0.3 is 5.11 Å². The second-order valence-electron chi connectivity index (χ2n) is 3.50. The summed E-state index contributed by atoms with van der Waals surface area (Å²) in [7, 11) is 0. The number of hydrogen-bond donors (Lipinski definition) is 1. The molecule has 0 amide bonds. The lowest BCUT2D eigenvalue weighted by Crippen LogP contribution is -2.01. The maximum Gasteiger partial charge on any atom is 0.196 e. The Balaban J connectivity index is 2.40. The quantitative estimate of drug-likeness (QED) is 0.811. The van der Waals surface area contributed by atoms with Crippen LogP contribution in [0.15, 0.2) is 42.5 Å². The van der Waals surface area contributed by atoms with Gasteiger partial charge in [0, 0.05) is 11.6 Å². The van der Waals surface area contributed by atoms with E-state index in [-0.39, 0.29) is 11.1 Å². The zero-order valence-electron chi connectivity index (χ0n) is 8.65. The van der Waals surface area contributed by atoms with Crippen molar-refractivity contribution in [1.82, 2.24) is 0 Å². The first kappa shape index (κ1) is 11.3. The highest BCUT2D eigenvalue weighted by Crippen LogP contribution is 2.21. The SMILES string of the molecule is O=C(c1ccc(F)cc1)c1ccc(F)cc1O. The molecule has 0 unspecified atom stereocenters. The molecule has 0 atom stereocenters. The first-order valence-electron chi connectivity index (χ1n) is 4.87. The van der Waals surface area contributed by atoms with Crippen LogP contribution in [0.4, 0.5) is 8.78 Å². The summed E-state index contributed by atoms with van der Waals surface area (Å²) in [4.78, 5) is 11.9. The highest BCUT2D eigenvalue weighted by molar-refractivity contribution is 6.10. The van der Waals surface area contributed by atoms with E-state index in [0.29, 0.717) is 0 Å². The summed E-state index contributed by atoms with van der Waals surface area (Å²) in [6.45, 7) is 0. The molecule has 17 heavy (non-hydrogen) atoms. The maximum absolute atomic E-state index is 12.7. The summed E-state index contributed by atoms with van der Waals surface area (Å²) in [6.07, 6.45) is 0. The normalized spacial score (nSPS) is 10.2. The zero-order valence-corrected chi connectivity index (χ0v) is 8.65. The van der Waals surface area contributed by atoms with Crippen LogP contribution in [0, 0.1) is 11.6 Å². The Hall–Kier alpha value is -2.23. The van der Waals surface area contributed by atoms with Crippen LogP contribution in [0.5, 0.6) is 5.75 Å². The van der Waals surface area contributed by atoms with Crippen LogP contribution in [-0.2, 0) is 0 Å². The Morgan fingerprint density at radius 2 is 1.53 bits per heavy atom. The van der Waals surface area contributed by atoms with Crippen molar-refractivity contribution in [2.24, 2.45) is 0 Å². The third-order valence-corrected chi connectivity index (χ3v) is 2.31. The van der Waals surface area contributed by atoms with Gasteiger partial charge in [0.1, 0.15) is 17.4 Å². The van der Waals surface area contributed by atoms with Gasteiger partial charge in [0.2, 0.25) is 0 Å². The molecule has 0 fully saturated rings. The van der Waals surface area contributed by atoms with Crippen molar-refractivity contribution in [1.29, 1.82) is 0 Å². The summed E-state index contributed by atoms with van der Waals surface area (Å²) in [5.74, 6) is -2.00. The Labute approximate surface area is 96.1 Å². The number of phenols is 1. The minimum absolute atomic E-state index is 0.0157. The number of ketones is 1. The molecule has 1 N–H and O–H groups in total. The topological polar surface area (TPSA) is 37.3 Å². The molecule has 86 valence electrons. The van der Waals surface area contributed by atoms with Crippen molar-refractivity contribution in [2.45, 2.75) is 0 Å². The highest BCUT2D eigenvalue weighted by Gasteiger charge is 2.13. The molecule has 2 aromatic carbocycles. The predicted molar refractivity (Wildman–Crippen MR) is 57.9 cm³/mol. The molecule has 0 saturated carbocycles. The van der Waals surface area contributed by atoms with Gasteiger partial charge in [-0.25, -0.2) is 8.78 Å². The minimum atomic E-state index is -0.627. The molecule has 0 saturated heterocycles. The van der Waals surface area contributed by atoms with E-state index in [4.69, 9.17) is 0 Å². The van der Waals surface area contributed by atoms with E-state index < -0.39 is 23.2 Å². The molecule has 0 aliphatic heterocycles. The van der Waals surface area contributed by atoms with Gasteiger partial charge in [0.25, 0.3) is 0 Å². The van der Waals surface area contributed by atoms with E-state index >= 15 is 0 Å². The first-order chi connectivity index (χ1) is 8.08. The van der Waals surface area contributed by atoms with Gasteiger partial charge in [0.15, 0.2) is 5.78 Å². The molecule has 0 bridgehead atoms. The molecule has 0 spiro atoms. The number of phenolic OH excluding ortho intramolecular Hbond substituents is 1. The fourth-order valence-corrected chi connectivity index (χ4v) is 1.45. The number of carbonyl (C=O) groups excluding carboxylic acids is 1. The second-order valence-corrected chi connectivity index (χ2v) is 3.50. The van der Waals surface area contributed by atoms with Crippen molar-refractivity contribution < 1.29 is 18.7 Å².